The first-order valence-corrected chi connectivity index (χ1v) is 9.55. The van der Waals surface area contributed by atoms with Crippen molar-refractivity contribution in [1.82, 2.24) is 14.9 Å². The van der Waals surface area contributed by atoms with Crippen molar-refractivity contribution in [3.8, 4) is 11.3 Å². The van der Waals surface area contributed by atoms with E-state index in [4.69, 9.17) is 10.5 Å². The molecule has 1 aliphatic rings. The smallest absolute Gasteiger partial charge is 0.404 e. The number of imide groups is 1. The van der Waals surface area contributed by atoms with Crippen LogP contribution in [0.15, 0.2) is 60.8 Å². The van der Waals surface area contributed by atoms with E-state index in [0.29, 0.717) is 29.8 Å². The van der Waals surface area contributed by atoms with Crippen molar-refractivity contribution in [3.05, 3.63) is 77.7 Å². The largest absolute Gasteiger partial charge is 0.450 e. The Morgan fingerprint density at radius 3 is 2.30 bits per heavy atom. The Hall–Kier alpha value is -3.94. The van der Waals surface area contributed by atoms with E-state index in [1.807, 2.05) is 30.3 Å². The molecule has 3 aromatic rings. The van der Waals surface area contributed by atoms with E-state index in [0.717, 1.165) is 11.3 Å². The van der Waals surface area contributed by atoms with Gasteiger partial charge in [-0.2, -0.15) is 0 Å². The fourth-order valence-corrected chi connectivity index (χ4v) is 3.60. The molecule has 0 aliphatic carbocycles. The average Bonchev–Trinajstić information content (AvgIpc) is 3.34. The molecule has 8 heteroatoms. The van der Waals surface area contributed by atoms with Crippen molar-refractivity contribution in [2.75, 3.05) is 6.61 Å². The monoisotopic (exact) mass is 404 g/mol. The molecule has 3 N–H and O–H groups in total. The predicted molar refractivity (Wildman–Crippen MR) is 108 cm³/mol. The maximum absolute atomic E-state index is 13.0. The number of aromatic amines is 1. The van der Waals surface area contributed by atoms with Gasteiger partial charge in [0.1, 0.15) is 5.82 Å². The number of nitrogens with two attached hydrogens (primary N) is 1. The van der Waals surface area contributed by atoms with Crippen LogP contribution in [0.25, 0.3) is 11.3 Å². The summed E-state index contributed by atoms with van der Waals surface area (Å²) in [7, 11) is 0. The van der Waals surface area contributed by atoms with E-state index in [9.17, 15) is 14.4 Å². The SMILES string of the molecule is NC(=O)OCCC[C@@H](c1ncc(-c2ccccc2)[nH]1)N1C(=O)c2ccccc2C1=O. The van der Waals surface area contributed by atoms with Gasteiger partial charge in [-0.15, -0.1) is 0 Å². The van der Waals surface area contributed by atoms with Gasteiger partial charge in [-0.05, 0) is 30.5 Å². The number of carbonyl (C=O) groups is 3. The van der Waals surface area contributed by atoms with Gasteiger partial charge >= 0.3 is 6.09 Å². The lowest BCUT2D eigenvalue weighted by atomic mass is 10.1. The van der Waals surface area contributed by atoms with Crippen molar-refractivity contribution < 1.29 is 19.1 Å². The predicted octanol–water partition coefficient (Wildman–Crippen LogP) is 3.29. The second kappa shape index (κ2) is 8.20. The highest BCUT2D eigenvalue weighted by atomic mass is 16.5. The Kier molecular flexibility index (Phi) is 5.30. The standard InChI is InChI=1S/C22H20N4O4/c23-22(29)30-12-6-11-18(19-24-13-17(25-19)14-7-2-1-3-8-14)26-20(27)15-9-4-5-10-16(15)21(26)28/h1-5,7-10,13,18H,6,11-12H2,(H2,23,29)(H,24,25)/t18-/m0/s1. The Morgan fingerprint density at radius 2 is 1.67 bits per heavy atom. The van der Waals surface area contributed by atoms with Crippen LogP contribution >= 0.6 is 0 Å². The molecular weight excluding hydrogens is 384 g/mol. The number of nitrogens with one attached hydrogen (secondary N) is 1. The van der Waals surface area contributed by atoms with Gasteiger partial charge in [0.2, 0.25) is 0 Å². The molecule has 152 valence electrons. The zero-order valence-corrected chi connectivity index (χ0v) is 16.1. The summed E-state index contributed by atoms with van der Waals surface area (Å²) < 4.78 is 4.80. The van der Waals surface area contributed by atoms with Gasteiger partial charge in [0.05, 0.1) is 35.7 Å². The Labute approximate surface area is 172 Å². The minimum Gasteiger partial charge on any atom is -0.450 e. The summed E-state index contributed by atoms with van der Waals surface area (Å²) in [5.74, 6) is -0.245. The normalized spacial score (nSPS) is 13.9. The van der Waals surface area contributed by atoms with Crippen molar-refractivity contribution >= 4 is 17.9 Å². The topological polar surface area (TPSA) is 118 Å². The quantitative estimate of drug-likeness (QED) is 0.463. The van der Waals surface area contributed by atoms with Crippen LogP contribution in [0.1, 0.15) is 45.4 Å². The van der Waals surface area contributed by atoms with Gasteiger partial charge in [-0.3, -0.25) is 14.5 Å². The van der Waals surface area contributed by atoms with Gasteiger partial charge in [0, 0.05) is 0 Å². The molecule has 0 radical (unpaired) electrons. The van der Waals surface area contributed by atoms with Crippen LogP contribution in [0.3, 0.4) is 0 Å². The molecule has 4 rings (SSSR count). The van der Waals surface area contributed by atoms with Crippen LogP contribution in [-0.2, 0) is 4.74 Å². The van der Waals surface area contributed by atoms with Gasteiger partial charge < -0.3 is 15.5 Å². The minimum absolute atomic E-state index is 0.0846. The van der Waals surface area contributed by atoms with Crippen molar-refractivity contribution in [3.63, 3.8) is 0 Å². The molecule has 0 spiro atoms. The number of aromatic nitrogens is 2. The number of carbonyl (C=O) groups excluding carboxylic acids is 3. The van der Waals surface area contributed by atoms with E-state index in [1.54, 1.807) is 30.5 Å². The first kappa shape index (κ1) is 19.4. The molecule has 1 aliphatic heterocycles. The third-order valence-electron chi connectivity index (χ3n) is 5.00. The Morgan fingerprint density at radius 1 is 1.03 bits per heavy atom. The third kappa shape index (κ3) is 3.67. The van der Waals surface area contributed by atoms with Crippen LogP contribution in [-0.4, -0.2) is 39.4 Å². The van der Waals surface area contributed by atoms with Crippen LogP contribution in [0.2, 0.25) is 0 Å². The van der Waals surface area contributed by atoms with Crippen LogP contribution in [0.5, 0.6) is 0 Å². The highest BCUT2D eigenvalue weighted by molar-refractivity contribution is 6.21. The van der Waals surface area contributed by atoms with E-state index in [-0.39, 0.29) is 18.4 Å². The summed E-state index contributed by atoms with van der Waals surface area (Å²) in [6, 6.07) is 15.7. The zero-order chi connectivity index (χ0) is 21.1. The molecule has 2 heterocycles. The molecule has 0 saturated carbocycles. The van der Waals surface area contributed by atoms with Crippen LogP contribution in [0.4, 0.5) is 4.79 Å². The lowest BCUT2D eigenvalue weighted by Crippen LogP contribution is -2.35. The maximum Gasteiger partial charge on any atom is 0.404 e. The number of nitrogens with zero attached hydrogens (tertiary/aromatic N) is 2. The molecule has 1 aromatic heterocycles. The summed E-state index contributed by atoms with van der Waals surface area (Å²) >= 11 is 0. The zero-order valence-electron chi connectivity index (χ0n) is 16.1. The number of rotatable bonds is 7. The highest BCUT2D eigenvalue weighted by Crippen LogP contribution is 2.33. The number of amides is 3. The Bertz CT molecular complexity index is 1060. The maximum atomic E-state index is 13.0. The number of fused-ring (bicyclic) bond motifs is 1. The average molecular weight is 404 g/mol. The summed E-state index contributed by atoms with van der Waals surface area (Å²) in [6.45, 7) is 0.0846. The molecule has 0 unspecified atom stereocenters. The highest BCUT2D eigenvalue weighted by Gasteiger charge is 2.41. The number of imidazole rings is 1. The number of primary amides is 1. The molecule has 2 aromatic carbocycles. The van der Waals surface area contributed by atoms with E-state index < -0.39 is 12.1 Å². The van der Waals surface area contributed by atoms with Gasteiger partial charge in [-0.1, -0.05) is 42.5 Å². The summed E-state index contributed by atoms with van der Waals surface area (Å²) in [6.07, 6.45) is 1.58. The third-order valence-corrected chi connectivity index (χ3v) is 5.00. The summed E-state index contributed by atoms with van der Waals surface area (Å²) in [5.41, 5.74) is 7.47. The van der Waals surface area contributed by atoms with Gasteiger partial charge in [0.25, 0.3) is 11.8 Å². The molecule has 1 atom stereocenters. The fourth-order valence-electron chi connectivity index (χ4n) is 3.60. The molecule has 8 nitrogen and oxygen atoms in total. The van der Waals surface area contributed by atoms with Gasteiger partial charge in [0.15, 0.2) is 0 Å². The fraction of sp³-hybridized carbons (Fsp3) is 0.182. The Balaban J connectivity index is 1.64. The molecule has 3 amide bonds. The first-order chi connectivity index (χ1) is 14.6. The van der Waals surface area contributed by atoms with E-state index >= 15 is 0 Å². The molecule has 0 saturated heterocycles. The van der Waals surface area contributed by atoms with Crippen molar-refractivity contribution in [1.29, 1.82) is 0 Å². The number of H-pyrrole nitrogens is 1. The first-order valence-electron chi connectivity index (χ1n) is 9.55. The minimum atomic E-state index is -0.864. The number of hydrogen-bond acceptors (Lipinski definition) is 5. The van der Waals surface area contributed by atoms with E-state index in [1.165, 1.54) is 4.90 Å². The number of hydrogen-bond donors (Lipinski definition) is 2. The molecule has 0 fully saturated rings. The summed E-state index contributed by atoms with van der Waals surface area (Å²) in [4.78, 5) is 45.7. The van der Waals surface area contributed by atoms with Gasteiger partial charge in [-0.25, -0.2) is 9.78 Å². The number of ether oxygens (including phenoxy) is 1. The molecule has 0 bridgehead atoms. The van der Waals surface area contributed by atoms with Crippen LogP contribution < -0.4 is 5.73 Å². The second-order valence-electron chi connectivity index (χ2n) is 6.90. The lowest BCUT2D eigenvalue weighted by molar-refractivity contribution is 0.0556. The van der Waals surface area contributed by atoms with Crippen LogP contribution in [0, 0.1) is 0 Å². The summed E-state index contributed by atoms with van der Waals surface area (Å²) in [5, 5.41) is 0. The van der Waals surface area contributed by atoms with E-state index in [2.05, 4.69) is 9.97 Å². The second-order valence-corrected chi connectivity index (χ2v) is 6.90. The van der Waals surface area contributed by atoms with Crippen molar-refractivity contribution in [2.45, 2.75) is 18.9 Å². The number of benzene rings is 2. The molecule has 30 heavy (non-hydrogen) atoms. The lowest BCUT2D eigenvalue weighted by Gasteiger charge is -2.24. The molecular formula is C22H20N4O4. The van der Waals surface area contributed by atoms with Crippen molar-refractivity contribution in [2.24, 2.45) is 5.73 Å².